The van der Waals surface area contributed by atoms with Crippen LogP contribution in [0.25, 0.3) is 0 Å². The number of hydrogen-bond acceptors (Lipinski definition) is 12. The lowest BCUT2D eigenvalue weighted by molar-refractivity contribution is -0.384. The Morgan fingerprint density at radius 3 is 2.17 bits per heavy atom. The highest BCUT2D eigenvalue weighted by Gasteiger charge is 2.70. The fourth-order valence-corrected chi connectivity index (χ4v) is 10.3. The van der Waals surface area contributed by atoms with Crippen molar-refractivity contribution in [2.75, 3.05) is 19.7 Å². The number of fused-ring (bicyclic) bond motifs is 1. The summed E-state index contributed by atoms with van der Waals surface area (Å²) in [5, 5.41) is 32.2. The molecule has 21 heteroatoms. The Hall–Kier alpha value is -6.93. The third kappa shape index (κ3) is 12.0. The second kappa shape index (κ2) is 21.6. The van der Waals surface area contributed by atoms with Crippen molar-refractivity contribution in [3.8, 4) is 5.75 Å². The number of nitrogens with one attached hydrogen (secondary N) is 4. The second-order valence-corrected chi connectivity index (χ2v) is 20.4. The van der Waals surface area contributed by atoms with Crippen LogP contribution in [-0.2, 0) is 33.6 Å². The van der Waals surface area contributed by atoms with Gasteiger partial charge in [0, 0.05) is 37.2 Å². The van der Waals surface area contributed by atoms with Gasteiger partial charge in [-0.15, -0.1) is 0 Å². The van der Waals surface area contributed by atoms with E-state index in [9.17, 15) is 58.4 Å². The third-order valence-electron chi connectivity index (χ3n) is 14.7. The van der Waals surface area contributed by atoms with Gasteiger partial charge in [0.1, 0.15) is 42.1 Å². The monoisotopic (exact) mass is 986 g/mol. The summed E-state index contributed by atoms with van der Waals surface area (Å²) in [7, 11) is 0. The molecule has 2 heterocycles. The standard InChI is InChI=1S/C50H66N8O13/c1-8-11-35(46(65)57-19-10-18-50(57,7)48(68)52-28(4)25-71-40-26(2)12-9-13-27(40)3)54-44(63)39-38-33(49(38,5)6)24-56(39)45(64)36(20-29-14-15-29)55-43(62)34(16-17-37(59)41(51)60)53-42(61)30-21-31(47(66)67)23-32(22-30)58(69)70/h9,12-13,21-23,28-29,33-36,38-39H,8,10-11,14-20,24-25H2,1-7H3,(H2,51,60)(H,52,68)(H,53,61)(H,54,63)(H,55,62)(H,66,67)/t28?,33?,34?,35?,36?,38-,39-,50-/m0/s1. The van der Waals surface area contributed by atoms with Crippen LogP contribution < -0.4 is 31.7 Å². The van der Waals surface area contributed by atoms with Crippen LogP contribution in [0.3, 0.4) is 0 Å². The van der Waals surface area contributed by atoms with E-state index in [1.54, 1.807) is 6.92 Å². The Kier molecular flexibility index (Phi) is 16.3. The van der Waals surface area contributed by atoms with Gasteiger partial charge >= 0.3 is 5.97 Å². The number of carbonyl (C=O) groups excluding carboxylic acids is 8. The number of aryl methyl sites for hydroxylation is 2. The molecule has 384 valence electrons. The van der Waals surface area contributed by atoms with Crippen LogP contribution in [0, 0.1) is 47.1 Å². The number of nitrogens with zero attached hydrogens (tertiary/aromatic N) is 3. The molecule has 4 fully saturated rings. The number of non-ortho nitro benzene ring substituents is 1. The number of carboxylic acid groups (broad SMARTS) is 1. The van der Waals surface area contributed by atoms with Gasteiger partial charge in [-0.2, -0.15) is 0 Å². The van der Waals surface area contributed by atoms with Gasteiger partial charge in [0.05, 0.1) is 16.5 Å². The Balaban J connectivity index is 1.19. The number of ketones is 1. The third-order valence-corrected chi connectivity index (χ3v) is 14.7. The van der Waals surface area contributed by atoms with E-state index in [0.29, 0.717) is 19.3 Å². The summed E-state index contributed by atoms with van der Waals surface area (Å²) in [6.07, 6.45) is 2.25. The highest BCUT2D eigenvalue weighted by molar-refractivity contribution is 6.35. The number of carboxylic acids is 1. The van der Waals surface area contributed by atoms with E-state index in [1.165, 1.54) is 9.80 Å². The number of nitrogens with two attached hydrogens (primary N) is 1. The van der Waals surface area contributed by atoms with E-state index in [1.807, 2.05) is 59.7 Å². The normalized spacial score (nSPS) is 22.4. The number of likely N-dealkylation sites (tertiary alicyclic amines) is 2. The number of aromatic carboxylic acids is 1. The summed E-state index contributed by atoms with van der Waals surface area (Å²) in [4.78, 5) is 135. The van der Waals surface area contributed by atoms with Gasteiger partial charge in [0.25, 0.3) is 17.5 Å². The molecule has 2 aliphatic heterocycles. The number of amides is 7. The van der Waals surface area contributed by atoms with Gasteiger partial charge in [-0.3, -0.25) is 48.5 Å². The van der Waals surface area contributed by atoms with Crippen molar-refractivity contribution in [3.63, 3.8) is 0 Å². The molecule has 6 rings (SSSR count). The van der Waals surface area contributed by atoms with E-state index in [-0.39, 0.29) is 61.6 Å². The number of Topliss-reactive ketones (excluding diaryl/α,β-unsaturated/α-hetero) is 1. The number of rotatable bonds is 23. The number of primary amides is 1. The molecule has 7 amide bonds. The predicted octanol–water partition coefficient (Wildman–Crippen LogP) is 2.86. The predicted molar refractivity (Wildman–Crippen MR) is 255 cm³/mol. The fourth-order valence-electron chi connectivity index (χ4n) is 10.3. The van der Waals surface area contributed by atoms with Crippen molar-refractivity contribution in [1.29, 1.82) is 0 Å². The zero-order chi connectivity index (χ0) is 52.3. The Morgan fingerprint density at radius 2 is 1.56 bits per heavy atom. The molecule has 0 radical (unpaired) electrons. The smallest absolute Gasteiger partial charge is 0.335 e. The van der Waals surface area contributed by atoms with E-state index in [4.69, 9.17) is 10.5 Å². The lowest BCUT2D eigenvalue weighted by Gasteiger charge is -2.38. The Morgan fingerprint density at radius 1 is 0.901 bits per heavy atom. The van der Waals surface area contributed by atoms with Crippen LogP contribution >= 0.6 is 0 Å². The summed E-state index contributed by atoms with van der Waals surface area (Å²) < 4.78 is 6.09. The van der Waals surface area contributed by atoms with Gasteiger partial charge in [0.15, 0.2) is 0 Å². The molecule has 0 bridgehead atoms. The minimum Gasteiger partial charge on any atom is -0.491 e. The highest BCUT2D eigenvalue weighted by atomic mass is 16.6. The van der Waals surface area contributed by atoms with Crippen molar-refractivity contribution in [1.82, 2.24) is 31.1 Å². The van der Waals surface area contributed by atoms with Crippen molar-refractivity contribution >= 4 is 58.8 Å². The summed E-state index contributed by atoms with van der Waals surface area (Å²) in [5.74, 6) is -7.56. The first-order chi connectivity index (χ1) is 33.4. The van der Waals surface area contributed by atoms with Gasteiger partial charge < -0.3 is 46.6 Å². The van der Waals surface area contributed by atoms with Gasteiger partial charge in [0.2, 0.25) is 35.3 Å². The van der Waals surface area contributed by atoms with Crippen LogP contribution in [0.15, 0.2) is 36.4 Å². The lowest BCUT2D eigenvalue weighted by atomic mass is 9.95. The van der Waals surface area contributed by atoms with Crippen LogP contribution in [0.1, 0.15) is 124 Å². The molecule has 8 atom stereocenters. The second-order valence-electron chi connectivity index (χ2n) is 20.4. The molecule has 7 N–H and O–H groups in total. The number of nitro groups is 1. The minimum absolute atomic E-state index is 0.0280. The number of para-hydroxylation sites is 1. The SMILES string of the molecule is CCCC(NC(=O)[C@@H]1[C@@H]2C(CN1C(=O)C(CC1CC1)NC(=O)C(CCC(=O)C(N)=O)NC(=O)c1cc(C(=O)O)cc([N+](=O)[O-])c1)C2(C)C)C(=O)N1CCC[C@@]1(C)C(=O)NC(C)COc1c(C)cccc1C. The van der Waals surface area contributed by atoms with Gasteiger partial charge in [-0.25, -0.2) is 4.79 Å². The average molecular weight is 987 g/mol. The molecule has 2 saturated heterocycles. The van der Waals surface area contributed by atoms with E-state index in [2.05, 4.69) is 21.3 Å². The molecule has 71 heavy (non-hydrogen) atoms. The quantitative estimate of drug-likeness (QED) is 0.0531. The lowest BCUT2D eigenvalue weighted by Crippen LogP contribution is -2.62. The molecule has 2 aromatic carbocycles. The fraction of sp³-hybridized carbons (Fsp3) is 0.580. The van der Waals surface area contributed by atoms with Gasteiger partial charge in [-0.1, -0.05) is 58.2 Å². The molecule has 2 aromatic rings. The molecule has 0 spiro atoms. The summed E-state index contributed by atoms with van der Waals surface area (Å²) in [5.41, 5.74) is 3.72. The first kappa shape index (κ1) is 53.4. The molecular weight excluding hydrogens is 921 g/mol. The molecular formula is C50H66N8O13. The Bertz CT molecular complexity index is 2440. The zero-order valence-corrected chi connectivity index (χ0v) is 41.3. The maximum absolute atomic E-state index is 14.8. The maximum atomic E-state index is 14.8. The first-order valence-electron chi connectivity index (χ1n) is 24.3. The molecule has 4 aliphatic rings. The van der Waals surface area contributed by atoms with Crippen LogP contribution in [0.5, 0.6) is 5.75 Å². The highest BCUT2D eigenvalue weighted by Crippen LogP contribution is 2.65. The van der Waals surface area contributed by atoms with Crippen molar-refractivity contribution in [2.45, 2.75) is 142 Å². The van der Waals surface area contributed by atoms with Crippen LogP contribution in [0.4, 0.5) is 5.69 Å². The van der Waals surface area contributed by atoms with Crippen molar-refractivity contribution in [2.24, 2.45) is 28.9 Å². The number of benzene rings is 2. The summed E-state index contributed by atoms with van der Waals surface area (Å²) in [6.45, 7) is 13.9. The summed E-state index contributed by atoms with van der Waals surface area (Å²) >= 11 is 0. The van der Waals surface area contributed by atoms with Crippen LogP contribution in [-0.4, -0.2) is 128 Å². The largest absolute Gasteiger partial charge is 0.491 e. The number of carbonyl (C=O) groups is 9. The van der Waals surface area contributed by atoms with Gasteiger partial charge in [-0.05, 0) is 100 Å². The molecule has 0 aromatic heterocycles. The first-order valence-corrected chi connectivity index (χ1v) is 24.3. The zero-order valence-electron chi connectivity index (χ0n) is 41.3. The Labute approximate surface area is 411 Å². The maximum Gasteiger partial charge on any atom is 0.335 e. The summed E-state index contributed by atoms with van der Waals surface area (Å²) in [6, 6.07) is 2.91. The van der Waals surface area contributed by atoms with E-state index in [0.717, 1.165) is 47.9 Å². The number of ether oxygens (including phenoxy) is 1. The number of hydrogen-bond donors (Lipinski definition) is 6. The van der Waals surface area contributed by atoms with Crippen molar-refractivity contribution in [3.05, 3.63) is 68.8 Å². The van der Waals surface area contributed by atoms with E-state index < -0.39 is 118 Å². The number of nitro benzene ring substituents is 1. The molecule has 2 aliphatic carbocycles. The molecule has 2 saturated carbocycles. The minimum atomic E-state index is -1.63. The topological polar surface area (TPSA) is 307 Å². The van der Waals surface area contributed by atoms with Crippen molar-refractivity contribution < 1.29 is 57.9 Å². The van der Waals surface area contributed by atoms with Crippen LogP contribution in [0.2, 0.25) is 0 Å². The average Bonchev–Trinajstić information content (AvgIpc) is 4.09. The molecule has 21 nitrogen and oxygen atoms in total. The molecule has 5 unspecified atom stereocenters. The van der Waals surface area contributed by atoms with E-state index >= 15 is 0 Å². The number of piperidine rings is 1.